The maximum Gasteiger partial charge on any atom is 0.259 e. The average Bonchev–Trinajstić information content (AvgIpc) is 3.10. The van der Waals surface area contributed by atoms with E-state index in [1.807, 2.05) is 13.8 Å². The summed E-state index contributed by atoms with van der Waals surface area (Å²) in [6.45, 7) is 8.29. The number of hydrogen-bond acceptors (Lipinski definition) is 5. The summed E-state index contributed by atoms with van der Waals surface area (Å²) in [6, 6.07) is 0.555. The van der Waals surface area contributed by atoms with E-state index in [1.165, 1.54) is 37.8 Å². The summed E-state index contributed by atoms with van der Waals surface area (Å²) in [6.07, 6.45) is 6.41. The van der Waals surface area contributed by atoms with E-state index in [0.29, 0.717) is 11.8 Å². The van der Waals surface area contributed by atoms with Gasteiger partial charge in [-0.05, 0) is 46.1 Å². The smallest absolute Gasteiger partial charge is 0.259 e. The third-order valence-corrected chi connectivity index (χ3v) is 7.79. The number of nitrogens with one attached hydrogen (secondary N) is 1. The summed E-state index contributed by atoms with van der Waals surface area (Å²) >= 11 is 3.28. The molecule has 0 aromatic carbocycles. The van der Waals surface area contributed by atoms with E-state index in [-0.39, 0.29) is 5.56 Å². The molecule has 1 aliphatic carbocycles. The number of thioether (sulfide) groups is 1. The van der Waals surface area contributed by atoms with Crippen molar-refractivity contribution in [1.29, 1.82) is 0 Å². The number of nitrogens with zero attached hydrogens (tertiary/aromatic N) is 3. The van der Waals surface area contributed by atoms with E-state index >= 15 is 0 Å². The van der Waals surface area contributed by atoms with Gasteiger partial charge in [-0.2, -0.15) is 0 Å². The highest BCUT2D eigenvalue weighted by atomic mass is 32.2. The molecule has 0 unspecified atom stereocenters. The first-order valence-corrected chi connectivity index (χ1v) is 11.4. The van der Waals surface area contributed by atoms with E-state index < -0.39 is 0 Å². The quantitative estimate of drug-likeness (QED) is 0.608. The van der Waals surface area contributed by atoms with Crippen molar-refractivity contribution >= 4 is 33.3 Å². The minimum absolute atomic E-state index is 0.0274. The zero-order chi connectivity index (χ0) is 19.1. The lowest BCUT2D eigenvalue weighted by Gasteiger charge is -2.26. The van der Waals surface area contributed by atoms with Crippen LogP contribution in [0.5, 0.6) is 0 Å². The second-order valence-corrected chi connectivity index (χ2v) is 9.64. The van der Waals surface area contributed by atoms with Crippen LogP contribution in [0, 0.1) is 27.7 Å². The van der Waals surface area contributed by atoms with Gasteiger partial charge in [0.15, 0.2) is 5.16 Å². The van der Waals surface area contributed by atoms with E-state index in [0.717, 1.165) is 37.3 Å². The Kier molecular flexibility index (Phi) is 5.16. The molecule has 1 fully saturated rings. The molecule has 0 spiro atoms. The summed E-state index contributed by atoms with van der Waals surface area (Å²) in [7, 11) is 0. The van der Waals surface area contributed by atoms with E-state index in [9.17, 15) is 4.79 Å². The first kappa shape index (κ1) is 18.7. The van der Waals surface area contributed by atoms with Gasteiger partial charge in [-0.25, -0.2) is 9.97 Å². The van der Waals surface area contributed by atoms with Crippen LogP contribution in [0.25, 0.3) is 10.2 Å². The fraction of sp³-hybridized carbons (Fsp3) is 0.550. The molecule has 0 atom stereocenters. The lowest BCUT2D eigenvalue weighted by atomic mass is 9.95. The topological polar surface area (TPSA) is 63.6 Å². The van der Waals surface area contributed by atoms with Crippen molar-refractivity contribution < 1.29 is 0 Å². The molecule has 5 nitrogen and oxygen atoms in total. The second kappa shape index (κ2) is 7.43. The molecule has 7 heteroatoms. The van der Waals surface area contributed by atoms with Crippen LogP contribution in [-0.4, -0.2) is 19.5 Å². The highest BCUT2D eigenvalue weighted by molar-refractivity contribution is 7.98. The van der Waals surface area contributed by atoms with Crippen LogP contribution < -0.4 is 5.56 Å². The van der Waals surface area contributed by atoms with Gasteiger partial charge in [0, 0.05) is 16.6 Å². The van der Waals surface area contributed by atoms with Gasteiger partial charge in [0.05, 0.1) is 16.8 Å². The second-order valence-electron chi connectivity index (χ2n) is 7.49. The molecule has 3 aromatic heterocycles. The van der Waals surface area contributed by atoms with Crippen molar-refractivity contribution in [1.82, 2.24) is 19.5 Å². The van der Waals surface area contributed by atoms with Gasteiger partial charge < -0.3 is 9.55 Å². The molecule has 0 aliphatic heterocycles. The standard InChI is InChI=1S/C20H26N4OS2/c1-11-14(4)27-19-17(11)18(25)22-16(23-19)10-26-20-21-12(2)13(3)24(20)15-8-6-5-7-9-15/h15H,5-10H2,1-4H3,(H,22,23,25). The normalized spacial score (nSPS) is 15.7. The number of H-pyrrole nitrogens is 1. The molecular weight excluding hydrogens is 376 g/mol. The summed E-state index contributed by atoms with van der Waals surface area (Å²) < 4.78 is 2.43. The summed E-state index contributed by atoms with van der Waals surface area (Å²) in [5, 5.41) is 1.79. The number of imidazole rings is 1. The number of aryl methyl sites for hydroxylation is 3. The molecule has 3 heterocycles. The lowest BCUT2D eigenvalue weighted by molar-refractivity contribution is 0.332. The van der Waals surface area contributed by atoms with Gasteiger partial charge >= 0.3 is 0 Å². The molecule has 0 amide bonds. The fourth-order valence-electron chi connectivity index (χ4n) is 3.97. The SMILES string of the molecule is Cc1nc(SCc2nc3sc(C)c(C)c3c(=O)[nH]2)n(C2CCCCC2)c1C. The molecule has 4 rings (SSSR count). The van der Waals surface area contributed by atoms with Crippen LogP contribution in [0.2, 0.25) is 0 Å². The third kappa shape index (κ3) is 3.47. The Morgan fingerprint density at radius 2 is 1.89 bits per heavy atom. The van der Waals surface area contributed by atoms with Crippen LogP contribution in [0.1, 0.15) is 65.8 Å². The van der Waals surface area contributed by atoms with Gasteiger partial charge in [-0.1, -0.05) is 31.0 Å². The first-order chi connectivity index (χ1) is 13.0. The van der Waals surface area contributed by atoms with Crippen molar-refractivity contribution in [3.63, 3.8) is 0 Å². The molecule has 3 aromatic rings. The van der Waals surface area contributed by atoms with Gasteiger partial charge in [0.1, 0.15) is 10.7 Å². The number of rotatable bonds is 4. The van der Waals surface area contributed by atoms with Gasteiger partial charge in [-0.3, -0.25) is 4.79 Å². The van der Waals surface area contributed by atoms with Crippen LogP contribution in [-0.2, 0) is 5.75 Å². The maximum atomic E-state index is 12.5. The van der Waals surface area contributed by atoms with Crippen molar-refractivity contribution in [2.75, 3.05) is 0 Å². The Hall–Kier alpha value is -1.60. The summed E-state index contributed by atoms with van der Waals surface area (Å²) in [5.74, 6) is 1.36. The van der Waals surface area contributed by atoms with Crippen molar-refractivity contribution in [2.45, 2.75) is 76.8 Å². The van der Waals surface area contributed by atoms with E-state index in [1.54, 1.807) is 23.1 Å². The van der Waals surface area contributed by atoms with Gasteiger partial charge in [0.2, 0.25) is 0 Å². The minimum atomic E-state index is -0.0274. The zero-order valence-electron chi connectivity index (χ0n) is 16.4. The molecule has 27 heavy (non-hydrogen) atoms. The van der Waals surface area contributed by atoms with Crippen LogP contribution >= 0.6 is 23.1 Å². The van der Waals surface area contributed by atoms with Crippen molar-refractivity contribution in [2.24, 2.45) is 0 Å². The lowest BCUT2D eigenvalue weighted by Crippen LogP contribution is -2.15. The monoisotopic (exact) mass is 402 g/mol. The van der Waals surface area contributed by atoms with Gasteiger partial charge in [0.25, 0.3) is 5.56 Å². The molecule has 1 saturated carbocycles. The Labute approximate surface area is 167 Å². The Balaban J connectivity index is 1.61. The van der Waals surface area contributed by atoms with E-state index in [2.05, 4.69) is 23.4 Å². The Morgan fingerprint density at radius 3 is 2.63 bits per heavy atom. The average molecular weight is 403 g/mol. The number of fused-ring (bicyclic) bond motifs is 1. The minimum Gasteiger partial charge on any atom is -0.320 e. The molecule has 0 radical (unpaired) electrons. The first-order valence-electron chi connectivity index (χ1n) is 9.63. The molecule has 0 saturated heterocycles. The third-order valence-electron chi connectivity index (χ3n) is 5.72. The summed E-state index contributed by atoms with van der Waals surface area (Å²) in [4.78, 5) is 27.0. The Bertz CT molecular complexity index is 1040. The highest BCUT2D eigenvalue weighted by Gasteiger charge is 2.22. The van der Waals surface area contributed by atoms with Gasteiger partial charge in [-0.15, -0.1) is 11.3 Å². The van der Waals surface area contributed by atoms with Crippen molar-refractivity contribution in [3.8, 4) is 0 Å². The molecular formula is C20H26N4OS2. The largest absolute Gasteiger partial charge is 0.320 e. The Morgan fingerprint density at radius 1 is 1.15 bits per heavy atom. The number of hydrogen-bond donors (Lipinski definition) is 1. The number of aromatic amines is 1. The maximum absolute atomic E-state index is 12.5. The van der Waals surface area contributed by atoms with Crippen molar-refractivity contribution in [3.05, 3.63) is 38.0 Å². The molecule has 1 N–H and O–H groups in total. The van der Waals surface area contributed by atoms with E-state index in [4.69, 9.17) is 9.97 Å². The summed E-state index contributed by atoms with van der Waals surface area (Å²) in [5.41, 5.74) is 3.39. The molecule has 144 valence electrons. The highest BCUT2D eigenvalue weighted by Crippen LogP contribution is 2.35. The molecule has 0 bridgehead atoms. The zero-order valence-corrected chi connectivity index (χ0v) is 18.0. The predicted octanol–water partition coefficient (Wildman–Crippen LogP) is 5.21. The van der Waals surface area contributed by atoms with Crippen LogP contribution in [0.15, 0.2) is 9.95 Å². The predicted molar refractivity (Wildman–Crippen MR) is 113 cm³/mol. The molecule has 1 aliphatic rings. The number of aromatic nitrogens is 4. The van der Waals surface area contributed by atoms with Crippen LogP contribution in [0.4, 0.5) is 0 Å². The number of thiophene rings is 1. The fourth-order valence-corrected chi connectivity index (χ4v) is 6.05. The van der Waals surface area contributed by atoms with Crippen LogP contribution in [0.3, 0.4) is 0 Å².